The second-order valence-electron chi connectivity index (χ2n) is 5.92. The van der Waals surface area contributed by atoms with Crippen molar-refractivity contribution in [3.05, 3.63) is 23.8 Å². The van der Waals surface area contributed by atoms with Crippen LogP contribution in [0, 0.1) is 5.92 Å². The normalized spacial score (nSPS) is 14.3. The standard InChI is InChI=1S/C16H23NO6S/c1-21-11-16(18)17(9-12-4-5-12)10-13-6-7-14(22-2)15(8-13)23-24(3,19)20/h6-8,12H,4-5,9-11H2,1-3H3. The van der Waals surface area contributed by atoms with E-state index in [4.69, 9.17) is 13.7 Å². The molecule has 1 aliphatic carbocycles. The first kappa shape index (κ1) is 18.5. The van der Waals surface area contributed by atoms with Crippen LogP contribution in [0.3, 0.4) is 0 Å². The van der Waals surface area contributed by atoms with E-state index >= 15 is 0 Å². The molecule has 1 aromatic carbocycles. The van der Waals surface area contributed by atoms with Crippen molar-refractivity contribution in [2.75, 3.05) is 33.6 Å². The first-order valence-corrected chi connectivity index (χ1v) is 9.47. The average Bonchev–Trinajstić information content (AvgIpc) is 3.29. The Morgan fingerprint density at radius 2 is 1.96 bits per heavy atom. The van der Waals surface area contributed by atoms with Crippen LogP contribution in [0.1, 0.15) is 18.4 Å². The number of hydrogen-bond acceptors (Lipinski definition) is 6. The maximum atomic E-state index is 12.2. The van der Waals surface area contributed by atoms with E-state index in [-0.39, 0.29) is 18.3 Å². The number of carbonyl (C=O) groups is 1. The highest BCUT2D eigenvalue weighted by Crippen LogP contribution is 2.32. The summed E-state index contributed by atoms with van der Waals surface area (Å²) in [7, 11) is -0.749. The van der Waals surface area contributed by atoms with Gasteiger partial charge in [-0.2, -0.15) is 8.42 Å². The molecular weight excluding hydrogens is 334 g/mol. The van der Waals surface area contributed by atoms with Gasteiger partial charge < -0.3 is 18.6 Å². The molecule has 0 aromatic heterocycles. The van der Waals surface area contributed by atoms with Gasteiger partial charge in [-0.15, -0.1) is 0 Å². The molecule has 1 amide bonds. The molecule has 0 heterocycles. The second kappa shape index (κ2) is 7.85. The summed E-state index contributed by atoms with van der Waals surface area (Å²) in [5.74, 6) is 0.880. The molecule has 1 aliphatic rings. The summed E-state index contributed by atoms with van der Waals surface area (Å²) in [5.41, 5.74) is 0.763. The summed E-state index contributed by atoms with van der Waals surface area (Å²) in [6, 6.07) is 5.00. The molecule has 0 spiro atoms. The Labute approximate surface area is 142 Å². The van der Waals surface area contributed by atoms with Gasteiger partial charge in [-0.05, 0) is 36.5 Å². The van der Waals surface area contributed by atoms with Crippen LogP contribution in [-0.4, -0.2) is 52.9 Å². The quantitative estimate of drug-likeness (QED) is 0.622. The number of amides is 1. The van der Waals surface area contributed by atoms with E-state index in [1.165, 1.54) is 14.2 Å². The van der Waals surface area contributed by atoms with Crippen molar-refractivity contribution in [1.29, 1.82) is 0 Å². The summed E-state index contributed by atoms with van der Waals surface area (Å²) in [4.78, 5) is 13.9. The molecule has 0 bridgehead atoms. The third kappa shape index (κ3) is 5.68. The topological polar surface area (TPSA) is 82.1 Å². The molecule has 0 unspecified atom stereocenters. The van der Waals surface area contributed by atoms with Crippen molar-refractivity contribution in [2.45, 2.75) is 19.4 Å². The van der Waals surface area contributed by atoms with Gasteiger partial charge in [0.25, 0.3) is 0 Å². The average molecular weight is 357 g/mol. The number of benzene rings is 1. The molecule has 0 radical (unpaired) electrons. The van der Waals surface area contributed by atoms with E-state index in [1.807, 2.05) is 0 Å². The van der Waals surface area contributed by atoms with Crippen LogP contribution in [0.2, 0.25) is 0 Å². The van der Waals surface area contributed by atoms with E-state index in [0.717, 1.165) is 24.7 Å². The number of rotatable bonds is 9. The number of ether oxygens (including phenoxy) is 2. The van der Waals surface area contributed by atoms with Gasteiger partial charge in [0.1, 0.15) is 6.61 Å². The fraction of sp³-hybridized carbons (Fsp3) is 0.562. The first-order valence-electron chi connectivity index (χ1n) is 7.65. The minimum Gasteiger partial charge on any atom is -0.493 e. The number of carbonyl (C=O) groups excluding carboxylic acids is 1. The highest BCUT2D eigenvalue weighted by atomic mass is 32.2. The Kier molecular flexibility index (Phi) is 6.06. The van der Waals surface area contributed by atoms with Crippen molar-refractivity contribution in [1.82, 2.24) is 4.90 Å². The van der Waals surface area contributed by atoms with Gasteiger partial charge in [0.05, 0.1) is 13.4 Å². The predicted molar refractivity (Wildman–Crippen MR) is 88.5 cm³/mol. The smallest absolute Gasteiger partial charge is 0.306 e. The van der Waals surface area contributed by atoms with E-state index in [0.29, 0.717) is 24.8 Å². The molecule has 0 atom stereocenters. The molecule has 134 valence electrons. The fourth-order valence-electron chi connectivity index (χ4n) is 2.35. The summed E-state index contributed by atoms with van der Waals surface area (Å²) in [6.07, 6.45) is 3.23. The fourth-order valence-corrected chi connectivity index (χ4v) is 2.81. The maximum Gasteiger partial charge on any atom is 0.306 e. The van der Waals surface area contributed by atoms with Crippen molar-refractivity contribution in [3.63, 3.8) is 0 Å². The Morgan fingerprint density at radius 1 is 1.25 bits per heavy atom. The minimum absolute atomic E-state index is 0.0234. The molecule has 1 saturated carbocycles. The van der Waals surface area contributed by atoms with Crippen molar-refractivity contribution < 1.29 is 26.9 Å². The van der Waals surface area contributed by atoms with Crippen molar-refractivity contribution in [3.8, 4) is 11.5 Å². The van der Waals surface area contributed by atoms with Gasteiger partial charge in [-0.25, -0.2) is 0 Å². The summed E-state index contributed by atoms with van der Waals surface area (Å²) in [6.45, 7) is 1.06. The van der Waals surface area contributed by atoms with Gasteiger partial charge in [0.15, 0.2) is 11.5 Å². The van der Waals surface area contributed by atoms with Crippen molar-refractivity contribution in [2.24, 2.45) is 5.92 Å². The van der Waals surface area contributed by atoms with E-state index in [2.05, 4.69) is 0 Å². The predicted octanol–water partition coefficient (Wildman–Crippen LogP) is 1.42. The first-order chi connectivity index (χ1) is 11.3. The van der Waals surface area contributed by atoms with Crippen LogP contribution in [0.4, 0.5) is 0 Å². The van der Waals surface area contributed by atoms with Crippen molar-refractivity contribution >= 4 is 16.0 Å². The zero-order valence-electron chi connectivity index (χ0n) is 14.1. The second-order valence-corrected chi connectivity index (χ2v) is 7.50. The summed E-state index contributed by atoms with van der Waals surface area (Å²) in [5, 5.41) is 0. The van der Waals surface area contributed by atoms with Crippen LogP contribution in [0.5, 0.6) is 11.5 Å². The molecule has 1 fully saturated rings. The van der Waals surface area contributed by atoms with E-state index in [1.54, 1.807) is 23.1 Å². The maximum absolute atomic E-state index is 12.2. The molecule has 2 rings (SSSR count). The van der Waals surface area contributed by atoms with Gasteiger partial charge >= 0.3 is 10.1 Å². The zero-order chi connectivity index (χ0) is 17.7. The monoisotopic (exact) mass is 357 g/mol. The van der Waals surface area contributed by atoms with Gasteiger partial charge in [0, 0.05) is 20.2 Å². The molecular formula is C16H23NO6S. The van der Waals surface area contributed by atoms with Crippen LogP contribution >= 0.6 is 0 Å². The lowest BCUT2D eigenvalue weighted by atomic mass is 10.1. The third-order valence-electron chi connectivity index (χ3n) is 3.64. The Morgan fingerprint density at radius 3 is 2.50 bits per heavy atom. The van der Waals surface area contributed by atoms with Gasteiger partial charge in [-0.3, -0.25) is 4.79 Å². The summed E-state index contributed by atoms with van der Waals surface area (Å²) >= 11 is 0. The molecule has 24 heavy (non-hydrogen) atoms. The lowest BCUT2D eigenvalue weighted by molar-refractivity contribution is -0.136. The minimum atomic E-state index is -3.67. The van der Waals surface area contributed by atoms with Crippen LogP contribution in [-0.2, 0) is 26.2 Å². The number of methoxy groups -OCH3 is 2. The van der Waals surface area contributed by atoms with Crippen LogP contribution in [0.15, 0.2) is 18.2 Å². The number of nitrogens with zero attached hydrogens (tertiary/aromatic N) is 1. The van der Waals surface area contributed by atoms with Crippen LogP contribution in [0.25, 0.3) is 0 Å². The number of hydrogen-bond donors (Lipinski definition) is 0. The lowest BCUT2D eigenvalue weighted by Crippen LogP contribution is -2.35. The Bertz CT molecular complexity index is 684. The Hall–Kier alpha value is -1.80. The SMILES string of the molecule is COCC(=O)N(Cc1ccc(OC)c(OS(C)(=O)=O)c1)CC1CC1. The molecule has 8 heteroatoms. The molecule has 7 nitrogen and oxygen atoms in total. The third-order valence-corrected chi connectivity index (χ3v) is 4.12. The van der Waals surface area contributed by atoms with E-state index in [9.17, 15) is 13.2 Å². The molecule has 0 N–H and O–H groups in total. The van der Waals surface area contributed by atoms with Gasteiger partial charge in [-0.1, -0.05) is 6.07 Å². The molecule has 1 aromatic rings. The Balaban J connectivity index is 2.19. The highest BCUT2D eigenvalue weighted by Gasteiger charge is 2.27. The van der Waals surface area contributed by atoms with E-state index < -0.39 is 10.1 Å². The highest BCUT2D eigenvalue weighted by molar-refractivity contribution is 7.86. The molecule has 0 saturated heterocycles. The molecule has 0 aliphatic heterocycles. The van der Waals surface area contributed by atoms with Gasteiger partial charge in [0.2, 0.25) is 5.91 Å². The summed E-state index contributed by atoms with van der Waals surface area (Å²) < 4.78 is 37.8. The van der Waals surface area contributed by atoms with Crippen LogP contribution < -0.4 is 8.92 Å². The zero-order valence-corrected chi connectivity index (χ0v) is 15.0. The lowest BCUT2D eigenvalue weighted by Gasteiger charge is -2.23. The largest absolute Gasteiger partial charge is 0.493 e.